The zero-order chi connectivity index (χ0) is 15.3. The van der Waals surface area contributed by atoms with Crippen molar-refractivity contribution >= 4 is 17.3 Å². The first-order valence-electron chi connectivity index (χ1n) is 7.02. The summed E-state index contributed by atoms with van der Waals surface area (Å²) < 4.78 is 1.36. The maximum Gasteiger partial charge on any atom is 0.287 e. The minimum Gasteiger partial charge on any atom is -0.378 e. The molecular weight excluding hydrogens is 276 g/mol. The molecule has 114 valence electrons. The lowest BCUT2D eigenvalue weighted by molar-refractivity contribution is 0.356. The van der Waals surface area contributed by atoms with Gasteiger partial charge in [-0.25, -0.2) is 4.68 Å². The fraction of sp³-hybridized carbons (Fsp3) is 0.714. The van der Waals surface area contributed by atoms with Crippen LogP contribution < -0.4 is 10.9 Å². The summed E-state index contributed by atoms with van der Waals surface area (Å²) in [5, 5.41) is 7.68. The van der Waals surface area contributed by atoms with Gasteiger partial charge in [-0.2, -0.15) is 5.10 Å². The molecule has 0 radical (unpaired) electrons. The molecule has 0 bridgehead atoms. The zero-order valence-electron chi connectivity index (χ0n) is 13.0. The third-order valence-electron chi connectivity index (χ3n) is 2.99. The molecule has 1 aromatic rings. The van der Waals surface area contributed by atoms with Crippen molar-refractivity contribution in [3.8, 4) is 0 Å². The molecule has 1 unspecified atom stereocenters. The molecule has 0 spiro atoms. The molecular formula is C14H25ClN4O. The first kappa shape index (κ1) is 17.0. The Morgan fingerprint density at radius 2 is 2.10 bits per heavy atom. The Kier molecular flexibility index (Phi) is 6.49. The van der Waals surface area contributed by atoms with Crippen molar-refractivity contribution in [2.24, 2.45) is 5.92 Å². The molecule has 0 amide bonds. The molecule has 1 atom stereocenters. The van der Waals surface area contributed by atoms with Crippen molar-refractivity contribution in [3.63, 3.8) is 0 Å². The largest absolute Gasteiger partial charge is 0.378 e. The molecule has 0 saturated carbocycles. The number of nitrogens with zero attached hydrogens (tertiary/aromatic N) is 3. The Morgan fingerprint density at radius 3 is 2.60 bits per heavy atom. The summed E-state index contributed by atoms with van der Waals surface area (Å²) in [7, 11) is 4.06. The molecule has 0 aliphatic carbocycles. The lowest BCUT2D eigenvalue weighted by atomic mass is 10.0. The van der Waals surface area contributed by atoms with E-state index in [0.29, 0.717) is 18.2 Å². The normalized spacial score (nSPS) is 13.0. The standard InChI is InChI=1S/C14H25ClN4O/c1-6-19-14(20)13(15)12(8-16-19)17-11(7-10(2)3)9-18(4)5/h8,10-11,17H,6-7,9H2,1-5H3. The molecule has 0 aromatic carbocycles. The minimum absolute atomic E-state index is 0.217. The third-order valence-corrected chi connectivity index (χ3v) is 3.35. The monoisotopic (exact) mass is 300 g/mol. The van der Waals surface area contributed by atoms with E-state index in [2.05, 4.69) is 29.2 Å². The van der Waals surface area contributed by atoms with Crippen LogP contribution in [0.15, 0.2) is 11.0 Å². The predicted octanol–water partition coefficient (Wildman–Crippen LogP) is 2.30. The fourth-order valence-corrected chi connectivity index (χ4v) is 2.40. The van der Waals surface area contributed by atoms with Crippen molar-refractivity contribution in [1.82, 2.24) is 14.7 Å². The summed E-state index contributed by atoms with van der Waals surface area (Å²) in [6, 6.07) is 0.237. The van der Waals surface area contributed by atoms with Crippen molar-refractivity contribution in [1.29, 1.82) is 0 Å². The van der Waals surface area contributed by atoms with Crippen LogP contribution in [0, 0.1) is 5.92 Å². The second-order valence-electron chi connectivity index (χ2n) is 5.73. The van der Waals surface area contributed by atoms with Crippen LogP contribution in [0.3, 0.4) is 0 Å². The third kappa shape index (κ3) is 4.80. The number of rotatable bonds is 7. The van der Waals surface area contributed by atoms with E-state index in [1.807, 2.05) is 21.0 Å². The van der Waals surface area contributed by atoms with E-state index in [1.165, 1.54) is 4.68 Å². The summed E-state index contributed by atoms with van der Waals surface area (Å²) in [6.07, 6.45) is 2.64. The van der Waals surface area contributed by atoms with E-state index in [4.69, 9.17) is 11.6 Å². The summed E-state index contributed by atoms with van der Waals surface area (Å²) in [5.41, 5.74) is 0.376. The van der Waals surface area contributed by atoms with Crippen LogP contribution >= 0.6 is 11.6 Å². The molecule has 1 N–H and O–H groups in total. The molecule has 0 fully saturated rings. The number of likely N-dealkylation sites (N-methyl/N-ethyl adjacent to an activating group) is 1. The van der Waals surface area contributed by atoms with Gasteiger partial charge in [-0.15, -0.1) is 0 Å². The molecule has 5 nitrogen and oxygen atoms in total. The van der Waals surface area contributed by atoms with Gasteiger partial charge in [-0.1, -0.05) is 25.4 Å². The van der Waals surface area contributed by atoms with E-state index in [1.54, 1.807) is 6.20 Å². The van der Waals surface area contributed by atoms with Crippen LogP contribution in [-0.2, 0) is 6.54 Å². The van der Waals surface area contributed by atoms with Gasteiger partial charge in [0.05, 0.1) is 11.9 Å². The quantitative estimate of drug-likeness (QED) is 0.839. The molecule has 0 saturated heterocycles. The highest BCUT2D eigenvalue weighted by Gasteiger charge is 2.15. The highest BCUT2D eigenvalue weighted by atomic mass is 35.5. The maximum atomic E-state index is 12.0. The fourth-order valence-electron chi connectivity index (χ4n) is 2.20. The van der Waals surface area contributed by atoms with Crippen LogP contribution in [-0.4, -0.2) is 41.4 Å². The lowest BCUT2D eigenvalue weighted by Gasteiger charge is -2.25. The van der Waals surface area contributed by atoms with E-state index in [9.17, 15) is 4.79 Å². The first-order chi connectivity index (χ1) is 9.35. The molecule has 20 heavy (non-hydrogen) atoms. The summed E-state index contributed by atoms with van der Waals surface area (Å²) >= 11 is 6.14. The van der Waals surface area contributed by atoms with Gasteiger partial charge in [0.2, 0.25) is 0 Å². The van der Waals surface area contributed by atoms with Crippen LogP contribution in [0.2, 0.25) is 5.02 Å². The number of hydrogen-bond donors (Lipinski definition) is 1. The molecule has 6 heteroatoms. The highest BCUT2D eigenvalue weighted by molar-refractivity contribution is 6.32. The summed E-state index contributed by atoms with van der Waals surface area (Å²) in [4.78, 5) is 14.1. The smallest absolute Gasteiger partial charge is 0.287 e. The second-order valence-corrected chi connectivity index (χ2v) is 6.10. The van der Waals surface area contributed by atoms with E-state index >= 15 is 0 Å². The molecule has 1 rings (SSSR count). The zero-order valence-corrected chi connectivity index (χ0v) is 13.7. The van der Waals surface area contributed by atoms with Gasteiger partial charge >= 0.3 is 0 Å². The summed E-state index contributed by atoms with van der Waals surface area (Å²) in [5.74, 6) is 0.565. The SMILES string of the molecule is CCn1ncc(NC(CC(C)C)CN(C)C)c(Cl)c1=O. The number of hydrogen-bond acceptors (Lipinski definition) is 4. The van der Waals surface area contributed by atoms with Crippen molar-refractivity contribution in [3.05, 3.63) is 21.6 Å². The van der Waals surface area contributed by atoms with Crippen LogP contribution in [0.4, 0.5) is 5.69 Å². The number of anilines is 1. The van der Waals surface area contributed by atoms with Gasteiger partial charge in [0.15, 0.2) is 0 Å². The topological polar surface area (TPSA) is 50.2 Å². The van der Waals surface area contributed by atoms with Gasteiger partial charge < -0.3 is 10.2 Å². The average Bonchev–Trinajstić information content (AvgIpc) is 2.33. The van der Waals surface area contributed by atoms with Gasteiger partial charge in [0.1, 0.15) is 5.02 Å². The van der Waals surface area contributed by atoms with Gasteiger partial charge in [0, 0.05) is 19.1 Å². The Hall–Kier alpha value is -1.07. The first-order valence-corrected chi connectivity index (χ1v) is 7.39. The van der Waals surface area contributed by atoms with Crippen molar-refractivity contribution in [2.75, 3.05) is 26.0 Å². The van der Waals surface area contributed by atoms with Gasteiger partial charge in [-0.05, 0) is 33.4 Å². The molecule has 0 aliphatic heterocycles. The number of nitrogens with one attached hydrogen (secondary N) is 1. The minimum atomic E-state index is -0.243. The van der Waals surface area contributed by atoms with Crippen LogP contribution in [0.5, 0.6) is 0 Å². The Bertz CT molecular complexity index is 475. The van der Waals surface area contributed by atoms with E-state index in [0.717, 1.165) is 13.0 Å². The number of aromatic nitrogens is 2. The molecule has 0 aliphatic rings. The summed E-state index contributed by atoms with van der Waals surface area (Å²) in [6.45, 7) is 7.63. The average molecular weight is 301 g/mol. The number of aryl methyl sites for hydroxylation is 1. The molecule has 1 heterocycles. The van der Waals surface area contributed by atoms with E-state index < -0.39 is 0 Å². The molecule has 1 aromatic heterocycles. The van der Waals surface area contributed by atoms with Crippen molar-refractivity contribution in [2.45, 2.75) is 39.8 Å². The highest BCUT2D eigenvalue weighted by Crippen LogP contribution is 2.19. The van der Waals surface area contributed by atoms with Crippen LogP contribution in [0.1, 0.15) is 27.2 Å². The Balaban J connectivity index is 2.93. The number of halogens is 1. The van der Waals surface area contributed by atoms with Gasteiger partial charge in [-0.3, -0.25) is 4.79 Å². The Morgan fingerprint density at radius 1 is 1.45 bits per heavy atom. The second kappa shape index (κ2) is 7.64. The lowest BCUT2D eigenvalue weighted by Crippen LogP contribution is -2.34. The van der Waals surface area contributed by atoms with Crippen molar-refractivity contribution < 1.29 is 0 Å². The van der Waals surface area contributed by atoms with Crippen LogP contribution in [0.25, 0.3) is 0 Å². The maximum absolute atomic E-state index is 12.0. The van der Waals surface area contributed by atoms with E-state index in [-0.39, 0.29) is 16.6 Å². The Labute approximate surface area is 125 Å². The van der Waals surface area contributed by atoms with Gasteiger partial charge in [0.25, 0.3) is 5.56 Å². The predicted molar refractivity (Wildman–Crippen MR) is 84.6 cm³/mol.